The normalized spacial score (nSPS) is 34.3. The third-order valence-electron chi connectivity index (χ3n) is 7.97. The molecule has 5 heteroatoms. The summed E-state index contributed by atoms with van der Waals surface area (Å²) in [5, 5.41) is 3.18. The van der Waals surface area contributed by atoms with Gasteiger partial charge in [-0.2, -0.15) is 0 Å². The Labute approximate surface area is 177 Å². The van der Waals surface area contributed by atoms with Gasteiger partial charge in [-0.1, -0.05) is 12.1 Å². The molecule has 5 aliphatic rings. The van der Waals surface area contributed by atoms with Gasteiger partial charge in [-0.3, -0.25) is 14.4 Å². The highest BCUT2D eigenvalue weighted by molar-refractivity contribution is 6.00. The number of amides is 1. The fraction of sp³-hybridized carbons (Fsp3) is 0.640. The minimum Gasteiger partial charge on any atom is -0.454 e. The third kappa shape index (κ3) is 3.27. The molecule has 0 aromatic heterocycles. The van der Waals surface area contributed by atoms with Crippen LogP contribution in [0.3, 0.4) is 0 Å². The van der Waals surface area contributed by atoms with E-state index in [0.29, 0.717) is 23.8 Å². The molecule has 0 radical (unpaired) electrons. The van der Waals surface area contributed by atoms with Crippen LogP contribution in [0.1, 0.15) is 80.3 Å². The van der Waals surface area contributed by atoms with Gasteiger partial charge in [0.15, 0.2) is 6.10 Å². The van der Waals surface area contributed by atoms with E-state index in [9.17, 15) is 14.4 Å². The monoisotopic (exact) mass is 409 g/mol. The summed E-state index contributed by atoms with van der Waals surface area (Å²) in [6, 6.07) is 5.89. The van der Waals surface area contributed by atoms with Gasteiger partial charge < -0.3 is 10.1 Å². The number of benzene rings is 1. The van der Waals surface area contributed by atoms with Crippen LogP contribution in [0.15, 0.2) is 18.2 Å². The molecule has 3 atom stereocenters. The Morgan fingerprint density at radius 2 is 1.77 bits per heavy atom. The lowest BCUT2D eigenvalue weighted by Gasteiger charge is -2.60. The number of ketones is 1. The van der Waals surface area contributed by atoms with E-state index in [1.807, 2.05) is 18.2 Å². The highest BCUT2D eigenvalue weighted by Crippen LogP contribution is 2.62. The van der Waals surface area contributed by atoms with E-state index < -0.39 is 11.5 Å². The lowest BCUT2D eigenvalue weighted by Crippen LogP contribution is -2.64. The Kier molecular flexibility index (Phi) is 4.57. The smallest absolute Gasteiger partial charge is 0.312 e. The molecule has 4 saturated carbocycles. The van der Waals surface area contributed by atoms with Gasteiger partial charge in [0.2, 0.25) is 11.7 Å². The molecule has 0 aliphatic heterocycles. The second-order valence-electron chi connectivity index (χ2n) is 10.5. The Balaban J connectivity index is 1.32. The molecule has 4 fully saturated rings. The minimum atomic E-state index is -0.790. The molecule has 5 aliphatic carbocycles. The number of Topliss-reactive ketones (excluding diaryl/α,β-unsaturated/α-hetero) is 1. The quantitative estimate of drug-likeness (QED) is 0.594. The average Bonchev–Trinajstić information content (AvgIpc) is 3.13. The summed E-state index contributed by atoms with van der Waals surface area (Å²) in [7, 11) is 0. The maximum atomic E-state index is 13.4. The topological polar surface area (TPSA) is 72.5 Å². The average molecular weight is 410 g/mol. The molecule has 160 valence electrons. The molecular formula is C25H31NO4. The molecule has 1 aromatic rings. The Morgan fingerprint density at radius 1 is 1.07 bits per heavy atom. The summed E-state index contributed by atoms with van der Waals surface area (Å²) in [5.41, 5.74) is 2.38. The van der Waals surface area contributed by atoms with E-state index in [1.165, 1.54) is 11.1 Å². The van der Waals surface area contributed by atoms with Crippen molar-refractivity contribution in [2.75, 3.05) is 0 Å². The Bertz CT molecular complexity index is 906. The van der Waals surface area contributed by atoms with Crippen molar-refractivity contribution in [3.8, 4) is 0 Å². The van der Waals surface area contributed by atoms with Gasteiger partial charge in [-0.25, -0.2) is 0 Å². The standard InChI is InChI=1S/C25H31NO4/c1-15(22(28)21-7-6-19-4-3-5-20(19)9-21)30-23(29)24-10-17-8-18(11-24)13-25(12-17,14-24)26-16(2)27/h6-7,9,15,17-18H,3-5,8,10-14H2,1-2H3,(H,26,27). The Morgan fingerprint density at radius 3 is 2.47 bits per heavy atom. The van der Waals surface area contributed by atoms with E-state index in [2.05, 4.69) is 5.32 Å². The molecule has 3 unspecified atom stereocenters. The first kappa shape index (κ1) is 19.8. The number of hydrogen-bond acceptors (Lipinski definition) is 4. The van der Waals surface area contributed by atoms with E-state index in [1.54, 1.807) is 13.8 Å². The van der Waals surface area contributed by atoms with Gasteiger partial charge >= 0.3 is 5.97 Å². The van der Waals surface area contributed by atoms with Crippen LogP contribution in [-0.2, 0) is 27.2 Å². The molecular weight excluding hydrogens is 378 g/mol. The second-order valence-corrected chi connectivity index (χ2v) is 10.5. The zero-order valence-corrected chi connectivity index (χ0v) is 18.0. The fourth-order valence-corrected chi connectivity index (χ4v) is 7.32. The third-order valence-corrected chi connectivity index (χ3v) is 7.97. The summed E-state index contributed by atoms with van der Waals surface area (Å²) in [6.45, 7) is 3.25. The molecule has 0 spiro atoms. The predicted molar refractivity (Wildman–Crippen MR) is 112 cm³/mol. The number of nitrogens with one attached hydrogen (secondary N) is 1. The summed E-state index contributed by atoms with van der Waals surface area (Å²) in [5.74, 6) is 0.509. The summed E-state index contributed by atoms with van der Waals surface area (Å²) in [6.07, 6.45) is 7.79. The molecule has 1 N–H and O–H groups in total. The van der Waals surface area contributed by atoms with Crippen molar-refractivity contribution in [3.63, 3.8) is 0 Å². The molecule has 30 heavy (non-hydrogen) atoms. The first-order valence-corrected chi connectivity index (χ1v) is 11.4. The second kappa shape index (κ2) is 6.93. The number of ether oxygens (including phenoxy) is 1. The first-order chi connectivity index (χ1) is 14.3. The highest BCUT2D eigenvalue weighted by Gasteiger charge is 2.61. The van der Waals surface area contributed by atoms with E-state index in [4.69, 9.17) is 4.74 Å². The van der Waals surface area contributed by atoms with Crippen molar-refractivity contribution in [2.45, 2.75) is 83.3 Å². The van der Waals surface area contributed by atoms with Crippen molar-refractivity contribution < 1.29 is 19.1 Å². The van der Waals surface area contributed by atoms with Gasteiger partial charge in [-0.15, -0.1) is 0 Å². The number of carbonyl (C=O) groups excluding carboxylic acids is 3. The zero-order valence-electron chi connectivity index (χ0n) is 18.0. The first-order valence-electron chi connectivity index (χ1n) is 11.4. The highest BCUT2D eigenvalue weighted by atomic mass is 16.5. The van der Waals surface area contributed by atoms with E-state index >= 15 is 0 Å². The maximum absolute atomic E-state index is 13.4. The predicted octanol–water partition coefficient (Wildman–Crippen LogP) is 3.76. The molecule has 0 heterocycles. The van der Waals surface area contributed by atoms with Gasteiger partial charge in [0.05, 0.1) is 5.41 Å². The van der Waals surface area contributed by atoms with E-state index in [-0.39, 0.29) is 23.2 Å². The van der Waals surface area contributed by atoms with Crippen LogP contribution in [0.2, 0.25) is 0 Å². The number of aryl methyl sites for hydroxylation is 2. The van der Waals surface area contributed by atoms with Crippen molar-refractivity contribution >= 4 is 17.7 Å². The van der Waals surface area contributed by atoms with E-state index in [0.717, 1.165) is 51.4 Å². The van der Waals surface area contributed by atoms with Crippen LogP contribution in [0.25, 0.3) is 0 Å². The van der Waals surface area contributed by atoms with Crippen LogP contribution < -0.4 is 5.32 Å². The number of fused-ring (bicyclic) bond motifs is 1. The summed E-state index contributed by atoms with van der Waals surface area (Å²) >= 11 is 0. The van der Waals surface area contributed by atoms with Crippen molar-refractivity contribution in [1.29, 1.82) is 0 Å². The number of rotatable bonds is 5. The van der Waals surface area contributed by atoms with Gasteiger partial charge in [0.25, 0.3) is 0 Å². The van der Waals surface area contributed by atoms with Crippen LogP contribution in [0, 0.1) is 17.3 Å². The molecule has 5 nitrogen and oxygen atoms in total. The minimum absolute atomic E-state index is 0.0272. The lowest BCUT2D eigenvalue weighted by molar-refractivity contribution is -0.178. The van der Waals surface area contributed by atoms with Crippen molar-refractivity contribution in [3.05, 3.63) is 34.9 Å². The van der Waals surface area contributed by atoms with Crippen molar-refractivity contribution in [1.82, 2.24) is 5.32 Å². The largest absolute Gasteiger partial charge is 0.454 e. The molecule has 6 rings (SSSR count). The van der Waals surface area contributed by atoms with Crippen LogP contribution >= 0.6 is 0 Å². The molecule has 0 saturated heterocycles. The molecule has 1 aromatic carbocycles. The fourth-order valence-electron chi connectivity index (χ4n) is 7.32. The molecule has 4 bridgehead atoms. The summed E-state index contributed by atoms with van der Waals surface area (Å²) < 4.78 is 5.82. The van der Waals surface area contributed by atoms with Crippen LogP contribution in [0.5, 0.6) is 0 Å². The summed E-state index contributed by atoms with van der Waals surface area (Å²) in [4.78, 5) is 38.2. The van der Waals surface area contributed by atoms with Crippen LogP contribution in [0.4, 0.5) is 0 Å². The van der Waals surface area contributed by atoms with Gasteiger partial charge in [0.1, 0.15) is 0 Å². The number of esters is 1. The SMILES string of the molecule is CC(=O)NC12CC3CC(C1)CC(C(=O)OC(C)C(=O)c1ccc4c(c1)CCC4)(C3)C2. The molecule has 1 amide bonds. The lowest BCUT2D eigenvalue weighted by atomic mass is 9.47. The van der Waals surface area contributed by atoms with Gasteiger partial charge in [-0.05, 0) is 93.7 Å². The number of carbonyl (C=O) groups is 3. The zero-order chi connectivity index (χ0) is 21.1. The van der Waals surface area contributed by atoms with Crippen molar-refractivity contribution in [2.24, 2.45) is 17.3 Å². The van der Waals surface area contributed by atoms with Crippen LogP contribution in [-0.4, -0.2) is 29.3 Å². The van der Waals surface area contributed by atoms with Gasteiger partial charge in [0, 0.05) is 18.0 Å². The Hall–Kier alpha value is -2.17. The maximum Gasteiger partial charge on any atom is 0.312 e. The number of hydrogen-bond donors (Lipinski definition) is 1.